The van der Waals surface area contributed by atoms with E-state index in [4.69, 9.17) is 4.74 Å². The van der Waals surface area contributed by atoms with Gasteiger partial charge in [0.05, 0.1) is 16.8 Å². The molecule has 3 aromatic rings. The van der Waals surface area contributed by atoms with Gasteiger partial charge in [-0.15, -0.1) is 0 Å². The lowest BCUT2D eigenvalue weighted by Gasteiger charge is -2.07. The molecule has 1 heterocycles. The fourth-order valence-electron chi connectivity index (χ4n) is 2.66. The first kappa shape index (κ1) is 17.6. The van der Waals surface area contributed by atoms with E-state index < -0.39 is 0 Å². The Morgan fingerprint density at radius 2 is 1.88 bits per heavy atom. The highest BCUT2D eigenvalue weighted by Gasteiger charge is 2.10. The van der Waals surface area contributed by atoms with Crippen LogP contribution in [0.2, 0.25) is 0 Å². The number of carbonyl (C=O) groups excluding carboxylic acids is 1. The summed E-state index contributed by atoms with van der Waals surface area (Å²) in [5.74, 6) is -0.217. The fourth-order valence-corrected chi connectivity index (χ4v) is 3.79. The third-order valence-electron chi connectivity index (χ3n) is 4.18. The number of aromatic nitrogens is 1. The Kier molecular flexibility index (Phi) is 5.46. The normalized spacial score (nSPS) is 12.0. The second-order valence-corrected chi connectivity index (χ2v) is 6.93. The fraction of sp³-hybridized carbons (Fsp3) is 0.300. The molecule has 1 aromatic heterocycles. The van der Waals surface area contributed by atoms with Gasteiger partial charge in [-0.1, -0.05) is 29.5 Å². The minimum absolute atomic E-state index is 0.217. The minimum Gasteiger partial charge on any atom is -0.380 e. The van der Waals surface area contributed by atoms with Crippen molar-refractivity contribution in [3.05, 3.63) is 64.0 Å². The first-order valence-electron chi connectivity index (χ1n) is 8.42. The first-order chi connectivity index (χ1) is 12.1. The molecule has 0 aliphatic carbocycles. The van der Waals surface area contributed by atoms with Crippen LogP contribution in [-0.2, 0) is 11.3 Å². The molecule has 4 nitrogen and oxygen atoms in total. The van der Waals surface area contributed by atoms with Crippen molar-refractivity contribution in [1.82, 2.24) is 4.57 Å². The highest BCUT2D eigenvalue weighted by molar-refractivity contribution is 7.16. The summed E-state index contributed by atoms with van der Waals surface area (Å²) in [7, 11) is 0. The molecule has 0 N–H and O–H groups in total. The van der Waals surface area contributed by atoms with E-state index in [0.717, 1.165) is 10.2 Å². The number of fused-ring (bicyclic) bond motifs is 1. The number of aryl methyl sites for hydroxylation is 2. The molecule has 1 amide bonds. The lowest BCUT2D eigenvalue weighted by molar-refractivity contribution is 0.0996. The van der Waals surface area contributed by atoms with Gasteiger partial charge in [-0.2, -0.15) is 4.99 Å². The van der Waals surface area contributed by atoms with Crippen molar-refractivity contribution in [2.45, 2.75) is 27.3 Å². The molecule has 0 radical (unpaired) electrons. The number of hydrogen-bond acceptors (Lipinski definition) is 3. The van der Waals surface area contributed by atoms with Crippen LogP contribution < -0.4 is 4.80 Å². The van der Waals surface area contributed by atoms with E-state index in [1.807, 2.05) is 25.1 Å². The van der Waals surface area contributed by atoms with E-state index >= 15 is 0 Å². The molecule has 0 saturated heterocycles. The molecule has 0 aliphatic heterocycles. The SMILES string of the molecule is CCOCCn1c(=NC(=O)c2ccccc2)sc2cc(C)c(C)cc21. The summed E-state index contributed by atoms with van der Waals surface area (Å²) in [5.41, 5.74) is 4.18. The first-order valence-corrected chi connectivity index (χ1v) is 9.24. The number of rotatable bonds is 5. The zero-order chi connectivity index (χ0) is 17.8. The van der Waals surface area contributed by atoms with E-state index in [2.05, 4.69) is 35.5 Å². The Labute approximate surface area is 151 Å². The van der Waals surface area contributed by atoms with Gasteiger partial charge in [0.1, 0.15) is 0 Å². The van der Waals surface area contributed by atoms with Crippen LogP contribution in [-0.4, -0.2) is 23.7 Å². The summed E-state index contributed by atoms with van der Waals surface area (Å²) in [6.07, 6.45) is 0. The zero-order valence-electron chi connectivity index (χ0n) is 14.8. The maximum Gasteiger partial charge on any atom is 0.279 e. The van der Waals surface area contributed by atoms with Gasteiger partial charge in [0.2, 0.25) is 0 Å². The van der Waals surface area contributed by atoms with Crippen molar-refractivity contribution in [1.29, 1.82) is 0 Å². The number of hydrogen-bond donors (Lipinski definition) is 0. The molecule has 130 valence electrons. The third-order valence-corrected chi connectivity index (χ3v) is 5.22. The second-order valence-electron chi connectivity index (χ2n) is 5.92. The average Bonchev–Trinajstić information content (AvgIpc) is 2.93. The molecule has 0 saturated carbocycles. The molecular formula is C20H22N2O2S. The number of benzene rings is 2. The van der Waals surface area contributed by atoms with Gasteiger partial charge in [0.15, 0.2) is 4.80 Å². The summed E-state index contributed by atoms with van der Waals surface area (Å²) < 4.78 is 8.74. The minimum atomic E-state index is -0.217. The maximum atomic E-state index is 12.5. The molecule has 0 atom stereocenters. The second kappa shape index (κ2) is 7.76. The van der Waals surface area contributed by atoms with Crippen LogP contribution >= 0.6 is 11.3 Å². The topological polar surface area (TPSA) is 43.6 Å². The summed E-state index contributed by atoms with van der Waals surface area (Å²) >= 11 is 1.55. The van der Waals surface area contributed by atoms with Crippen molar-refractivity contribution < 1.29 is 9.53 Å². The van der Waals surface area contributed by atoms with Crippen LogP contribution in [0.15, 0.2) is 47.5 Å². The quantitative estimate of drug-likeness (QED) is 0.648. The molecule has 0 unspecified atom stereocenters. The van der Waals surface area contributed by atoms with E-state index in [1.54, 1.807) is 23.5 Å². The molecule has 0 bridgehead atoms. The number of carbonyl (C=O) groups is 1. The third kappa shape index (κ3) is 3.89. The lowest BCUT2D eigenvalue weighted by Crippen LogP contribution is -2.19. The molecule has 0 spiro atoms. The van der Waals surface area contributed by atoms with Crippen LogP contribution in [0.4, 0.5) is 0 Å². The van der Waals surface area contributed by atoms with Crippen LogP contribution in [0.5, 0.6) is 0 Å². The van der Waals surface area contributed by atoms with Gasteiger partial charge in [-0.05, 0) is 56.2 Å². The summed E-state index contributed by atoms with van der Waals surface area (Å²) in [4.78, 5) is 17.6. The van der Waals surface area contributed by atoms with E-state index in [0.29, 0.717) is 30.1 Å². The molecule has 5 heteroatoms. The van der Waals surface area contributed by atoms with Crippen molar-refractivity contribution in [2.24, 2.45) is 4.99 Å². The summed E-state index contributed by atoms with van der Waals surface area (Å²) in [6, 6.07) is 13.5. The van der Waals surface area contributed by atoms with Crippen molar-refractivity contribution in [3.8, 4) is 0 Å². The van der Waals surface area contributed by atoms with Gasteiger partial charge in [0.25, 0.3) is 5.91 Å². The molecule has 0 fully saturated rings. The largest absolute Gasteiger partial charge is 0.380 e. The monoisotopic (exact) mass is 354 g/mol. The lowest BCUT2D eigenvalue weighted by atomic mass is 10.1. The van der Waals surface area contributed by atoms with Crippen molar-refractivity contribution >= 4 is 27.5 Å². The van der Waals surface area contributed by atoms with E-state index in [9.17, 15) is 4.79 Å². The van der Waals surface area contributed by atoms with Crippen molar-refractivity contribution in [2.75, 3.05) is 13.2 Å². The van der Waals surface area contributed by atoms with E-state index in [-0.39, 0.29) is 5.91 Å². The highest BCUT2D eigenvalue weighted by atomic mass is 32.1. The van der Waals surface area contributed by atoms with Crippen LogP contribution in [0, 0.1) is 13.8 Å². The Hall–Kier alpha value is -2.24. The van der Waals surface area contributed by atoms with Gasteiger partial charge >= 0.3 is 0 Å². The van der Waals surface area contributed by atoms with E-state index in [1.165, 1.54) is 11.1 Å². The summed E-state index contributed by atoms with van der Waals surface area (Å²) in [6.45, 7) is 8.14. The zero-order valence-corrected chi connectivity index (χ0v) is 15.6. The van der Waals surface area contributed by atoms with Gasteiger partial charge in [0, 0.05) is 18.7 Å². The van der Waals surface area contributed by atoms with Gasteiger partial charge in [-0.25, -0.2) is 0 Å². The Bertz CT molecular complexity index is 955. The number of ether oxygens (including phenoxy) is 1. The Morgan fingerprint density at radius 3 is 2.60 bits per heavy atom. The molecule has 25 heavy (non-hydrogen) atoms. The molecule has 0 aliphatic rings. The van der Waals surface area contributed by atoms with Crippen molar-refractivity contribution in [3.63, 3.8) is 0 Å². The standard InChI is InChI=1S/C20H22N2O2S/c1-4-24-11-10-22-17-12-14(2)15(3)13-18(17)25-20(22)21-19(23)16-8-6-5-7-9-16/h5-9,12-13H,4,10-11H2,1-3H3. The Balaban J connectivity index is 2.10. The molecular weight excluding hydrogens is 332 g/mol. The molecule has 3 rings (SSSR count). The number of amides is 1. The van der Waals surface area contributed by atoms with Crippen LogP contribution in [0.1, 0.15) is 28.4 Å². The van der Waals surface area contributed by atoms with Crippen LogP contribution in [0.3, 0.4) is 0 Å². The van der Waals surface area contributed by atoms with Gasteiger partial charge in [-0.3, -0.25) is 4.79 Å². The maximum absolute atomic E-state index is 12.5. The van der Waals surface area contributed by atoms with Gasteiger partial charge < -0.3 is 9.30 Å². The molecule has 2 aromatic carbocycles. The predicted molar refractivity (Wildman–Crippen MR) is 102 cm³/mol. The number of nitrogens with zero attached hydrogens (tertiary/aromatic N) is 2. The Morgan fingerprint density at radius 1 is 1.16 bits per heavy atom. The van der Waals surface area contributed by atoms with Crippen LogP contribution in [0.25, 0.3) is 10.2 Å². The number of thiazole rings is 1. The average molecular weight is 354 g/mol. The highest BCUT2D eigenvalue weighted by Crippen LogP contribution is 2.22. The predicted octanol–water partition coefficient (Wildman–Crippen LogP) is 4.10. The summed E-state index contributed by atoms with van der Waals surface area (Å²) in [5, 5.41) is 0. The smallest absolute Gasteiger partial charge is 0.279 e.